The quantitative estimate of drug-likeness (QED) is 0.770. The maximum Gasteiger partial charge on any atom is 0.226 e. The van der Waals surface area contributed by atoms with E-state index in [-0.39, 0.29) is 5.82 Å². The van der Waals surface area contributed by atoms with Gasteiger partial charge in [0.05, 0.1) is 0 Å². The second-order valence-corrected chi connectivity index (χ2v) is 5.59. The second kappa shape index (κ2) is 5.52. The van der Waals surface area contributed by atoms with E-state index in [1.54, 1.807) is 16.8 Å². The topological polar surface area (TPSA) is 42.7 Å². The Labute approximate surface area is 137 Å². The summed E-state index contributed by atoms with van der Waals surface area (Å²) in [6.45, 7) is 0. The summed E-state index contributed by atoms with van der Waals surface area (Å²) in [6.07, 6.45) is 3.34. The highest BCUT2D eigenvalue weighted by Gasteiger charge is 2.27. The van der Waals surface area contributed by atoms with Crippen molar-refractivity contribution in [3.63, 3.8) is 0 Å². The Bertz CT molecular complexity index is 868. The van der Waals surface area contributed by atoms with Gasteiger partial charge in [-0.15, -0.1) is 0 Å². The zero-order chi connectivity index (χ0) is 15.8. The number of halogens is 2. The molecule has 0 radical (unpaired) electrons. The molecule has 0 aliphatic carbocycles. The number of hydrogen-bond donors (Lipinski definition) is 1. The molecular weight excluding hydrogens is 315 g/mol. The Kier molecular flexibility index (Phi) is 3.35. The lowest BCUT2D eigenvalue weighted by Gasteiger charge is -2.25. The predicted octanol–water partition coefficient (Wildman–Crippen LogP) is 4.13. The maximum atomic E-state index is 14.4. The van der Waals surface area contributed by atoms with Crippen LogP contribution in [0.5, 0.6) is 0 Å². The average molecular weight is 327 g/mol. The first kappa shape index (κ1) is 14.0. The lowest BCUT2D eigenvalue weighted by atomic mass is 10.0. The molecule has 2 heterocycles. The summed E-state index contributed by atoms with van der Waals surface area (Å²) in [5, 5.41) is 7.78. The Hall–Kier alpha value is -2.66. The van der Waals surface area contributed by atoms with Crippen LogP contribution in [0.1, 0.15) is 17.2 Å². The Morgan fingerprint density at radius 3 is 2.70 bits per heavy atom. The molecule has 0 bridgehead atoms. The molecule has 114 valence electrons. The van der Waals surface area contributed by atoms with Crippen LogP contribution in [0.3, 0.4) is 0 Å². The van der Waals surface area contributed by atoms with Gasteiger partial charge in [0.2, 0.25) is 5.95 Å². The second-order valence-electron chi connectivity index (χ2n) is 5.18. The molecule has 0 unspecified atom stereocenters. The van der Waals surface area contributed by atoms with Crippen molar-refractivity contribution in [3.05, 3.63) is 82.9 Å². The van der Waals surface area contributed by atoms with Crippen molar-refractivity contribution in [3.8, 4) is 0 Å². The molecule has 0 amide bonds. The lowest BCUT2D eigenvalue weighted by molar-refractivity contribution is 0.551. The highest BCUT2D eigenvalue weighted by Crippen LogP contribution is 2.36. The molecule has 1 aliphatic heterocycles. The minimum absolute atomic E-state index is 0.363. The fourth-order valence-electron chi connectivity index (χ4n) is 2.72. The van der Waals surface area contributed by atoms with Crippen molar-refractivity contribution in [2.75, 3.05) is 5.32 Å². The van der Waals surface area contributed by atoms with Gasteiger partial charge in [0.1, 0.15) is 18.2 Å². The number of rotatable bonds is 2. The smallest absolute Gasteiger partial charge is 0.226 e. The fourth-order valence-corrected chi connectivity index (χ4v) is 2.99. The predicted molar refractivity (Wildman–Crippen MR) is 87.6 cm³/mol. The van der Waals surface area contributed by atoms with Crippen molar-refractivity contribution >= 4 is 23.2 Å². The molecule has 4 nitrogen and oxygen atoms in total. The Morgan fingerprint density at radius 1 is 1.09 bits per heavy atom. The average Bonchev–Trinajstić information content (AvgIpc) is 3.04. The van der Waals surface area contributed by atoms with Crippen molar-refractivity contribution < 1.29 is 4.39 Å². The summed E-state index contributed by atoms with van der Waals surface area (Å²) in [5.74, 6) is 0.185. The van der Waals surface area contributed by atoms with Crippen LogP contribution < -0.4 is 5.32 Å². The van der Waals surface area contributed by atoms with Crippen molar-refractivity contribution in [1.29, 1.82) is 0 Å². The van der Waals surface area contributed by atoms with Gasteiger partial charge in [0.15, 0.2) is 0 Å². The normalized spacial score (nSPS) is 16.4. The summed E-state index contributed by atoms with van der Waals surface area (Å²) in [5.41, 5.74) is 2.21. The molecule has 4 rings (SSSR count). The van der Waals surface area contributed by atoms with E-state index in [0.717, 1.165) is 11.3 Å². The molecular formula is C17H12ClFN4. The molecule has 1 atom stereocenters. The van der Waals surface area contributed by atoms with Gasteiger partial charge in [-0.3, -0.25) is 0 Å². The highest BCUT2D eigenvalue weighted by molar-refractivity contribution is 6.31. The largest absolute Gasteiger partial charge is 0.324 e. The van der Waals surface area contributed by atoms with E-state index >= 15 is 0 Å². The summed E-state index contributed by atoms with van der Waals surface area (Å²) < 4.78 is 16.0. The fraction of sp³-hybridized carbons (Fsp3) is 0.0588. The van der Waals surface area contributed by atoms with Gasteiger partial charge in [-0.2, -0.15) is 10.1 Å². The van der Waals surface area contributed by atoms with Crippen LogP contribution in [-0.2, 0) is 0 Å². The third-order valence-electron chi connectivity index (χ3n) is 3.79. The lowest BCUT2D eigenvalue weighted by Crippen LogP contribution is -2.21. The standard InChI is InChI=1S/C17H12ClFN4/c18-12-7-4-8-13(19)16(12)15-9-14(11-5-2-1-3-6-11)22-17-20-10-21-23(15)17/h1-10,15H,(H,20,21,22)/t15-/m1/s1. The van der Waals surface area contributed by atoms with E-state index in [0.29, 0.717) is 16.5 Å². The van der Waals surface area contributed by atoms with E-state index in [1.807, 2.05) is 36.4 Å². The van der Waals surface area contributed by atoms with Crippen LogP contribution in [0.15, 0.2) is 60.9 Å². The van der Waals surface area contributed by atoms with Gasteiger partial charge < -0.3 is 5.32 Å². The molecule has 6 heteroatoms. The first-order valence-electron chi connectivity index (χ1n) is 7.12. The zero-order valence-corrected chi connectivity index (χ0v) is 12.7. The zero-order valence-electron chi connectivity index (χ0n) is 11.9. The minimum Gasteiger partial charge on any atom is -0.324 e. The third kappa shape index (κ3) is 2.39. The monoisotopic (exact) mass is 326 g/mol. The first-order valence-corrected chi connectivity index (χ1v) is 7.49. The summed E-state index contributed by atoms with van der Waals surface area (Å²) in [6, 6.07) is 14.0. The molecule has 3 aromatic rings. The van der Waals surface area contributed by atoms with Gasteiger partial charge in [-0.25, -0.2) is 9.07 Å². The van der Waals surface area contributed by atoms with Crippen LogP contribution in [0.2, 0.25) is 5.02 Å². The maximum absolute atomic E-state index is 14.4. The van der Waals surface area contributed by atoms with Crippen LogP contribution >= 0.6 is 11.6 Å². The number of nitrogens with zero attached hydrogens (tertiary/aromatic N) is 3. The van der Waals surface area contributed by atoms with Crippen molar-refractivity contribution in [2.45, 2.75) is 6.04 Å². The van der Waals surface area contributed by atoms with Gasteiger partial charge in [0.25, 0.3) is 0 Å². The van der Waals surface area contributed by atoms with Crippen LogP contribution in [0.25, 0.3) is 5.70 Å². The number of hydrogen-bond acceptors (Lipinski definition) is 3. The number of anilines is 1. The summed E-state index contributed by atoms with van der Waals surface area (Å²) >= 11 is 6.24. The van der Waals surface area contributed by atoms with Gasteiger partial charge in [0, 0.05) is 16.3 Å². The Morgan fingerprint density at radius 2 is 1.91 bits per heavy atom. The summed E-state index contributed by atoms with van der Waals surface area (Å²) in [7, 11) is 0. The first-order chi connectivity index (χ1) is 11.2. The van der Waals surface area contributed by atoms with E-state index in [1.165, 1.54) is 12.4 Å². The minimum atomic E-state index is -0.461. The van der Waals surface area contributed by atoms with Crippen LogP contribution in [-0.4, -0.2) is 14.8 Å². The number of aromatic nitrogens is 3. The van der Waals surface area contributed by atoms with E-state index in [4.69, 9.17) is 11.6 Å². The molecule has 23 heavy (non-hydrogen) atoms. The highest BCUT2D eigenvalue weighted by atomic mass is 35.5. The van der Waals surface area contributed by atoms with Gasteiger partial charge in [-0.1, -0.05) is 48.0 Å². The van der Waals surface area contributed by atoms with E-state index in [9.17, 15) is 4.39 Å². The molecule has 2 aromatic carbocycles. The number of fused-ring (bicyclic) bond motifs is 1. The number of benzene rings is 2. The molecule has 0 saturated carbocycles. The molecule has 0 saturated heterocycles. The van der Waals surface area contributed by atoms with Crippen LogP contribution in [0, 0.1) is 5.82 Å². The molecule has 1 aromatic heterocycles. The number of allylic oxidation sites excluding steroid dienone is 1. The molecule has 1 N–H and O–H groups in total. The van der Waals surface area contributed by atoms with Gasteiger partial charge >= 0.3 is 0 Å². The molecule has 0 spiro atoms. The SMILES string of the molecule is Fc1cccc(Cl)c1[C@H]1C=C(c2ccccc2)Nc2ncnn21. The Balaban J connectivity index is 1.89. The molecule has 0 fully saturated rings. The van der Waals surface area contributed by atoms with Crippen LogP contribution in [0.4, 0.5) is 10.3 Å². The third-order valence-corrected chi connectivity index (χ3v) is 4.12. The number of nitrogens with one attached hydrogen (secondary N) is 1. The van der Waals surface area contributed by atoms with Gasteiger partial charge in [-0.05, 0) is 23.8 Å². The van der Waals surface area contributed by atoms with Crippen molar-refractivity contribution in [1.82, 2.24) is 14.8 Å². The molecule has 1 aliphatic rings. The van der Waals surface area contributed by atoms with Crippen molar-refractivity contribution in [2.24, 2.45) is 0 Å². The van der Waals surface area contributed by atoms with E-state index in [2.05, 4.69) is 15.4 Å². The summed E-state index contributed by atoms with van der Waals surface area (Å²) in [4.78, 5) is 4.20. The van der Waals surface area contributed by atoms with E-state index < -0.39 is 6.04 Å².